The van der Waals surface area contributed by atoms with E-state index < -0.39 is 0 Å². The molecule has 0 aromatic heterocycles. The maximum atomic E-state index is 9.99. The van der Waals surface area contributed by atoms with Crippen LogP contribution in [-0.4, -0.2) is 12.2 Å². The predicted octanol–water partition coefficient (Wildman–Crippen LogP) is 2.31. The maximum absolute atomic E-state index is 9.99. The fourth-order valence-corrected chi connectivity index (χ4v) is 2.11. The van der Waals surface area contributed by atoms with Crippen LogP contribution >= 0.6 is 11.6 Å². The van der Waals surface area contributed by atoms with Gasteiger partial charge in [0.25, 0.3) is 0 Å². The SMILES string of the molecule is COc1c(Cl)cc(C2(N)CC2)c(O)c1C. The van der Waals surface area contributed by atoms with Crippen molar-refractivity contribution in [3.63, 3.8) is 0 Å². The molecule has 0 heterocycles. The summed E-state index contributed by atoms with van der Waals surface area (Å²) in [6.07, 6.45) is 1.78. The lowest BCUT2D eigenvalue weighted by atomic mass is 10.0. The van der Waals surface area contributed by atoms with E-state index in [2.05, 4.69) is 0 Å². The lowest BCUT2D eigenvalue weighted by molar-refractivity contribution is 0.400. The molecule has 1 aromatic rings. The van der Waals surface area contributed by atoms with E-state index >= 15 is 0 Å². The molecule has 82 valence electrons. The number of hydrogen-bond acceptors (Lipinski definition) is 3. The standard InChI is InChI=1S/C11H14ClNO2/c1-6-9(14)7(11(13)3-4-11)5-8(12)10(6)15-2/h5,14H,3-4,13H2,1-2H3. The minimum Gasteiger partial charge on any atom is -0.507 e. The van der Waals surface area contributed by atoms with Gasteiger partial charge in [-0.05, 0) is 25.8 Å². The normalized spacial score (nSPS) is 17.6. The minimum absolute atomic E-state index is 0.205. The molecule has 4 heteroatoms. The number of aromatic hydroxyl groups is 1. The molecule has 1 aliphatic rings. The van der Waals surface area contributed by atoms with Crippen molar-refractivity contribution in [3.05, 3.63) is 22.2 Å². The number of nitrogens with two attached hydrogens (primary N) is 1. The second kappa shape index (κ2) is 3.29. The van der Waals surface area contributed by atoms with Gasteiger partial charge >= 0.3 is 0 Å². The molecule has 15 heavy (non-hydrogen) atoms. The van der Waals surface area contributed by atoms with Crippen molar-refractivity contribution in [2.24, 2.45) is 5.73 Å². The number of ether oxygens (including phenoxy) is 1. The van der Waals surface area contributed by atoms with Crippen molar-refractivity contribution < 1.29 is 9.84 Å². The van der Waals surface area contributed by atoms with E-state index in [0.717, 1.165) is 18.4 Å². The molecule has 1 aromatic carbocycles. The summed E-state index contributed by atoms with van der Waals surface area (Å²) in [4.78, 5) is 0. The summed E-state index contributed by atoms with van der Waals surface area (Å²) in [6.45, 7) is 1.77. The second-order valence-corrected chi connectivity index (χ2v) is 4.48. The summed E-state index contributed by atoms with van der Waals surface area (Å²) in [5.74, 6) is 0.721. The van der Waals surface area contributed by atoms with E-state index in [4.69, 9.17) is 22.1 Å². The van der Waals surface area contributed by atoms with E-state index in [1.54, 1.807) is 13.0 Å². The molecule has 0 aliphatic heterocycles. The van der Waals surface area contributed by atoms with Crippen molar-refractivity contribution in [1.29, 1.82) is 0 Å². The largest absolute Gasteiger partial charge is 0.507 e. The van der Waals surface area contributed by atoms with Gasteiger partial charge < -0.3 is 15.6 Å². The zero-order valence-electron chi connectivity index (χ0n) is 8.80. The zero-order valence-corrected chi connectivity index (χ0v) is 9.56. The Kier molecular flexibility index (Phi) is 2.32. The number of methoxy groups -OCH3 is 1. The summed E-state index contributed by atoms with van der Waals surface area (Å²) < 4.78 is 5.11. The van der Waals surface area contributed by atoms with Crippen LogP contribution in [0, 0.1) is 6.92 Å². The first-order valence-corrected chi connectivity index (χ1v) is 5.23. The molecule has 0 bridgehead atoms. The lowest BCUT2D eigenvalue weighted by Gasteiger charge is -2.16. The van der Waals surface area contributed by atoms with Gasteiger partial charge in [-0.3, -0.25) is 0 Å². The molecule has 0 saturated heterocycles. The summed E-state index contributed by atoms with van der Waals surface area (Å²) in [5.41, 5.74) is 7.03. The van der Waals surface area contributed by atoms with Crippen molar-refractivity contribution in [1.82, 2.24) is 0 Å². The first-order valence-electron chi connectivity index (χ1n) is 4.85. The number of phenolic OH excluding ortho intramolecular Hbond substituents is 1. The predicted molar refractivity (Wildman–Crippen MR) is 59.5 cm³/mol. The van der Waals surface area contributed by atoms with Crippen LogP contribution in [0.15, 0.2) is 6.07 Å². The molecule has 0 radical (unpaired) electrons. The van der Waals surface area contributed by atoms with Gasteiger partial charge in [0.05, 0.1) is 12.1 Å². The molecule has 0 spiro atoms. The van der Waals surface area contributed by atoms with Crippen LogP contribution in [-0.2, 0) is 5.54 Å². The monoisotopic (exact) mass is 227 g/mol. The van der Waals surface area contributed by atoms with Gasteiger partial charge in [0.1, 0.15) is 11.5 Å². The molecule has 0 amide bonds. The second-order valence-electron chi connectivity index (χ2n) is 4.07. The van der Waals surface area contributed by atoms with E-state index in [-0.39, 0.29) is 11.3 Å². The number of hydrogen-bond donors (Lipinski definition) is 2. The Morgan fingerprint density at radius 2 is 2.13 bits per heavy atom. The topological polar surface area (TPSA) is 55.5 Å². The quantitative estimate of drug-likeness (QED) is 0.815. The molecular formula is C11H14ClNO2. The van der Waals surface area contributed by atoms with Gasteiger partial charge in [-0.25, -0.2) is 0 Å². The van der Waals surface area contributed by atoms with Crippen LogP contribution in [0.5, 0.6) is 11.5 Å². The number of rotatable bonds is 2. The van der Waals surface area contributed by atoms with Crippen molar-refractivity contribution in [2.45, 2.75) is 25.3 Å². The van der Waals surface area contributed by atoms with Gasteiger partial charge in [-0.15, -0.1) is 0 Å². The van der Waals surface area contributed by atoms with E-state index in [9.17, 15) is 5.11 Å². The third-order valence-electron chi connectivity index (χ3n) is 2.97. The summed E-state index contributed by atoms with van der Waals surface area (Å²) in [5, 5.41) is 10.5. The highest BCUT2D eigenvalue weighted by Gasteiger charge is 2.43. The van der Waals surface area contributed by atoms with Gasteiger partial charge in [0, 0.05) is 16.7 Å². The molecule has 1 aliphatic carbocycles. The number of halogens is 1. The van der Waals surface area contributed by atoms with Gasteiger partial charge in [0.2, 0.25) is 0 Å². The fraction of sp³-hybridized carbons (Fsp3) is 0.455. The molecular weight excluding hydrogens is 214 g/mol. The van der Waals surface area contributed by atoms with Crippen LogP contribution in [0.3, 0.4) is 0 Å². The van der Waals surface area contributed by atoms with E-state index in [1.807, 2.05) is 0 Å². The fourth-order valence-electron chi connectivity index (χ4n) is 1.78. The molecule has 3 nitrogen and oxygen atoms in total. The molecule has 0 unspecified atom stereocenters. The van der Waals surface area contributed by atoms with Crippen molar-refractivity contribution >= 4 is 11.6 Å². The Labute approximate surface area is 93.8 Å². The van der Waals surface area contributed by atoms with Gasteiger partial charge in [-0.1, -0.05) is 11.6 Å². The van der Waals surface area contributed by atoms with Crippen LogP contribution in [0.1, 0.15) is 24.0 Å². The molecule has 1 fully saturated rings. The summed E-state index contributed by atoms with van der Waals surface area (Å²) in [6, 6.07) is 1.70. The highest BCUT2D eigenvalue weighted by Crippen LogP contribution is 2.50. The minimum atomic E-state index is -0.384. The van der Waals surface area contributed by atoms with Crippen LogP contribution in [0.2, 0.25) is 5.02 Å². The third-order valence-corrected chi connectivity index (χ3v) is 3.25. The number of benzene rings is 1. The smallest absolute Gasteiger partial charge is 0.144 e. The summed E-state index contributed by atoms with van der Waals surface area (Å²) in [7, 11) is 1.53. The van der Waals surface area contributed by atoms with Crippen molar-refractivity contribution in [2.75, 3.05) is 7.11 Å². The average molecular weight is 228 g/mol. The average Bonchev–Trinajstić information content (AvgIpc) is 2.92. The van der Waals surface area contributed by atoms with Gasteiger partial charge in [0.15, 0.2) is 0 Å². The Hall–Kier alpha value is -0.930. The molecule has 3 N–H and O–H groups in total. The lowest BCUT2D eigenvalue weighted by Crippen LogP contribution is -2.19. The Bertz CT molecular complexity index is 414. The van der Waals surface area contributed by atoms with E-state index in [0.29, 0.717) is 16.3 Å². The van der Waals surface area contributed by atoms with E-state index in [1.165, 1.54) is 7.11 Å². The Balaban J connectivity index is 2.59. The maximum Gasteiger partial charge on any atom is 0.144 e. The van der Waals surface area contributed by atoms with Gasteiger partial charge in [-0.2, -0.15) is 0 Å². The first kappa shape index (κ1) is 10.6. The Morgan fingerprint density at radius 3 is 2.60 bits per heavy atom. The van der Waals surface area contributed by atoms with Crippen LogP contribution in [0.25, 0.3) is 0 Å². The Morgan fingerprint density at radius 1 is 1.53 bits per heavy atom. The van der Waals surface area contributed by atoms with Crippen LogP contribution < -0.4 is 10.5 Å². The van der Waals surface area contributed by atoms with Crippen molar-refractivity contribution in [3.8, 4) is 11.5 Å². The molecule has 2 rings (SSSR count). The highest BCUT2D eigenvalue weighted by atomic mass is 35.5. The summed E-state index contributed by atoms with van der Waals surface area (Å²) >= 11 is 6.05. The van der Waals surface area contributed by atoms with Crippen LogP contribution in [0.4, 0.5) is 0 Å². The zero-order chi connectivity index (χ0) is 11.2. The third kappa shape index (κ3) is 1.56. The molecule has 0 atom stereocenters. The molecule has 1 saturated carbocycles. The first-order chi connectivity index (χ1) is 6.99. The highest BCUT2D eigenvalue weighted by molar-refractivity contribution is 6.32. The number of phenols is 1.